The van der Waals surface area contributed by atoms with Gasteiger partial charge < -0.3 is 4.90 Å². The van der Waals surface area contributed by atoms with Crippen LogP contribution < -0.4 is 0 Å². The molecule has 0 bridgehead atoms. The smallest absolute Gasteiger partial charge is 0.123 e. The summed E-state index contributed by atoms with van der Waals surface area (Å²) in [5.41, 5.74) is 4.04. The zero-order chi connectivity index (χ0) is 15.5. The van der Waals surface area contributed by atoms with Gasteiger partial charge in [0.25, 0.3) is 0 Å². The quantitative estimate of drug-likeness (QED) is 0.730. The second-order valence-electron chi connectivity index (χ2n) is 5.42. The molecule has 112 valence electrons. The first-order valence-corrected chi connectivity index (χ1v) is 7.20. The largest absolute Gasteiger partial charge is 0.384 e. The minimum Gasteiger partial charge on any atom is -0.384 e. The molecule has 0 atom stereocenters. The molecule has 2 heterocycles. The lowest BCUT2D eigenvalue weighted by Crippen LogP contribution is -2.00. The van der Waals surface area contributed by atoms with E-state index in [0.29, 0.717) is 0 Å². The zero-order valence-corrected chi connectivity index (χ0v) is 12.7. The third kappa shape index (κ3) is 2.86. The fourth-order valence-electron chi connectivity index (χ4n) is 2.47. The number of hydrogen-bond donors (Lipinski definition) is 0. The summed E-state index contributed by atoms with van der Waals surface area (Å²) < 4.78 is 15.0. The predicted molar refractivity (Wildman–Crippen MR) is 87.1 cm³/mol. The van der Waals surface area contributed by atoms with Gasteiger partial charge in [0.2, 0.25) is 0 Å². The Bertz CT molecular complexity index is 801. The molecule has 0 saturated heterocycles. The highest BCUT2D eigenvalue weighted by Crippen LogP contribution is 2.27. The number of aromatic nitrogens is 2. The lowest BCUT2D eigenvalue weighted by atomic mass is 10.0. The molecule has 0 unspecified atom stereocenters. The first-order chi connectivity index (χ1) is 10.6. The number of halogens is 1. The van der Waals surface area contributed by atoms with Gasteiger partial charge in [0.05, 0.1) is 11.2 Å². The molecule has 0 spiro atoms. The molecule has 3 aromatic rings. The number of fused-ring (bicyclic) bond motifs is 1. The van der Waals surface area contributed by atoms with Crippen LogP contribution in [-0.2, 0) is 6.42 Å². The molecule has 0 fully saturated rings. The maximum atomic E-state index is 13.2. The highest BCUT2D eigenvalue weighted by molar-refractivity contribution is 5.73. The maximum Gasteiger partial charge on any atom is 0.123 e. The maximum absolute atomic E-state index is 13.2. The number of hydrogen-bond acceptors (Lipinski definition) is 2. The topological polar surface area (TPSA) is 20.5 Å². The van der Waals surface area contributed by atoms with Crippen LogP contribution in [0.3, 0.4) is 0 Å². The Morgan fingerprint density at radius 2 is 1.91 bits per heavy atom. The summed E-state index contributed by atoms with van der Waals surface area (Å²) in [6.45, 7) is 0. The van der Waals surface area contributed by atoms with E-state index < -0.39 is 0 Å². The number of benzene rings is 1. The minimum absolute atomic E-state index is 0.235. The van der Waals surface area contributed by atoms with Crippen LogP contribution in [-0.4, -0.2) is 28.6 Å². The Labute approximate surface area is 129 Å². The van der Waals surface area contributed by atoms with Gasteiger partial charge in [0.15, 0.2) is 0 Å². The summed E-state index contributed by atoms with van der Waals surface area (Å²) in [4.78, 5) is 2.00. The van der Waals surface area contributed by atoms with Crippen molar-refractivity contribution < 1.29 is 4.39 Å². The molecule has 4 heteroatoms. The van der Waals surface area contributed by atoms with E-state index in [-0.39, 0.29) is 5.82 Å². The van der Waals surface area contributed by atoms with E-state index >= 15 is 0 Å². The van der Waals surface area contributed by atoms with E-state index in [2.05, 4.69) is 17.2 Å². The van der Waals surface area contributed by atoms with E-state index in [0.717, 1.165) is 28.8 Å². The van der Waals surface area contributed by atoms with Crippen LogP contribution in [0.4, 0.5) is 4.39 Å². The van der Waals surface area contributed by atoms with Crippen LogP contribution in [0, 0.1) is 5.82 Å². The molecule has 0 saturated carbocycles. The third-order valence-corrected chi connectivity index (χ3v) is 3.49. The molecule has 3 nitrogen and oxygen atoms in total. The third-order valence-electron chi connectivity index (χ3n) is 3.49. The highest BCUT2D eigenvalue weighted by atomic mass is 19.1. The van der Waals surface area contributed by atoms with Crippen molar-refractivity contribution in [2.45, 2.75) is 6.42 Å². The summed E-state index contributed by atoms with van der Waals surface area (Å²) in [5.74, 6) is -0.235. The monoisotopic (exact) mass is 295 g/mol. The van der Waals surface area contributed by atoms with Crippen molar-refractivity contribution in [3.8, 4) is 11.3 Å². The van der Waals surface area contributed by atoms with Crippen molar-refractivity contribution in [1.82, 2.24) is 14.5 Å². The Balaban J connectivity index is 2.09. The lowest BCUT2D eigenvalue weighted by molar-refractivity contribution is 0.562. The van der Waals surface area contributed by atoms with Gasteiger partial charge in [-0.3, -0.25) is 0 Å². The van der Waals surface area contributed by atoms with Crippen molar-refractivity contribution >= 4 is 5.52 Å². The number of pyridine rings is 1. The van der Waals surface area contributed by atoms with Crippen LogP contribution in [0.15, 0.2) is 60.9 Å². The van der Waals surface area contributed by atoms with Gasteiger partial charge in [0, 0.05) is 31.4 Å². The molecule has 0 N–H and O–H groups in total. The van der Waals surface area contributed by atoms with Gasteiger partial charge in [-0.2, -0.15) is 5.10 Å². The Morgan fingerprint density at radius 1 is 1.14 bits per heavy atom. The molecular formula is C18H18FN3. The van der Waals surface area contributed by atoms with Gasteiger partial charge in [-0.25, -0.2) is 8.91 Å². The van der Waals surface area contributed by atoms with E-state index in [4.69, 9.17) is 0 Å². The Hall–Kier alpha value is -2.62. The molecule has 0 aliphatic rings. The molecular weight excluding hydrogens is 277 g/mol. The SMILES string of the molecule is CN(C)C=CCc1c(-c2ccc(F)cc2)nn2ccccc12. The van der Waals surface area contributed by atoms with E-state index in [1.807, 2.05) is 48.0 Å². The average molecular weight is 295 g/mol. The molecule has 22 heavy (non-hydrogen) atoms. The molecule has 0 aliphatic carbocycles. The summed E-state index contributed by atoms with van der Waals surface area (Å²) >= 11 is 0. The number of allylic oxidation sites excluding steroid dienone is 1. The van der Waals surface area contributed by atoms with Crippen LogP contribution in [0.2, 0.25) is 0 Å². The number of rotatable bonds is 4. The number of nitrogens with zero attached hydrogens (tertiary/aromatic N) is 3. The molecule has 0 aliphatic heterocycles. The van der Waals surface area contributed by atoms with Crippen molar-refractivity contribution in [1.29, 1.82) is 0 Å². The Kier molecular flexibility index (Phi) is 3.92. The fourth-order valence-corrected chi connectivity index (χ4v) is 2.47. The van der Waals surface area contributed by atoms with Crippen molar-refractivity contribution in [3.05, 3.63) is 72.3 Å². The fraction of sp³-hybridized carbons (Fsp3) is 0.167. The van der Waals surface area contributed by atoms with Gasteiger partial charge in [0.1, 0.15) is 5.82 Å². The van der Waals surface area contributed by atoms with Crippen LogP contribution in [0.25, 0.3) is 16.8 Å². The second-order valence-corrected chi connectivity index (χ2v) is 5.42. The molecule has 1 aromatic carbocycles. The van der Waals surface area contributed by atoms with Gasteiger partial charge in [-0.1, -0.05) is 12.1 Å². The lowest BCUT2D eigenvalue weighted by Gasteiger charge is -2.04. The van der Waals surface area contributed by atoms with Crippen LogP contribution >= 0.6 is 0 Å². The predicted octanol–water partition coefficient (Wildman–Crippen LogP) is 3.76. The average Bonchev–Trinajstić information content (AvgIpc) is 2.87. The zero-order valence-electron chi connectivity index (χ0n) is 12.7. The molecule has 3 rings (SSSR count). The molecule has 2 aromatic heterocycles. The summed E-state index contributed by atoms with van der Waals surface area (Å²) in [5, 5.41) is 4.66. The van der Waals surface area contributed by atoms with E-state index in [1.165, 1.54) is 12.1 Å². The Morgan fingerprint density at radius 3 is 2.64 bits per heavy atom. The standard InChI is InChI=1S/C18H18FN3/c1-21(2)12-5-6-16-17-7-3-4-13-22(17)20-18(16)14-8-10-15(19)11-9-14/h3-5,7-13H,6H2,1-2H3. The normalized spacial score (nSPS) is 11.4. The van der Waals surface area contributed by atoms with Gasteiger partial charge in [-0.15, -0.1) is 0 Å². The first kappa shape index (κ1) is 14.3. The van der Waals surface area contributed by atoms with Gasteiger partial charge >= 0.3 is 0 Å². The van der Waals surface area contributed by atoms with Crippen molar-refractivity contribution in [3.63, 3.8) is 0 Å². The molecule has 0 amide bonds. The first-order valence-electron chi connectivity index (χ1n) is 7.20. The van der Waals surface area contributed by atoms with Crippen LogP contribution in [0.1, 0.15) is 5.56 Å². The van der Waals surface area contributed by atoms with E-state index in [1.54, 1.807) is 12.1 Å². The summed E-state index contributed by atoms with van der Waals surface area (Å²) in [6, 6.07) is 12.5. The van der Waals surface area contributed by atoms with Crippen molar-refractivity contribution in [2.24, 2.45) is 0 Å². The second kappa shape index (κ2) is 6.02. The van der Waals surface area contributed by atoms with Crippen molar-refractivity contribution in [2.75, 3.05) is 14.1 Å². The van der Waals surface area contributed by atoms with Gasteiger partial charge in [-0.05, 0) is 49.0 Å². The summed E-state index contributed by atoms with van der Waals surface area (Å²) in [7, 11) is 3.99. The van der Waals surface area contributed by atoms with Crippen LogP contribution in [0.5, 0.6) is 0 Å². The van der Waals surface area contributed by atoms with E-state index in [9.17, 15) is 4.39 Å². The molecule has 0 radical (unpaired) electrons. The minimum atomic E-state index is -0.235. The highest BCUT2D eigenvalue weighted by Gasteiger charge is 2.13. The summed E-state index contributed by atoms with van der Waals surface area (Å²) in [6.07, 6.45) is 6.85.